The molecule has 0 fully saturated rings. The van der Waals surface area contributed by atoms with E-state index in [2.05, 4.69) is 38.7 Å². The molecule has 0 amide bonds. The number of hydrogen-bond donors (Lipinski definition) is 1. The Labute approximate surface area is 126 Å². The Kier molecular flexibility index (Phi) is 7.37. The Balaban J connectivity index is 2.94. The van der Waals surface area contributed by atoms with Crippen LogP contribution in [0.1, 0.15) is 51.5 Å². The van der Waals surface area contributed by atoms with Gasteiger partial charge in [-0.3, -0.25) is 4.90 Å². The predicted octanol–water partition coefficient (Wildman–Crippen LogP) is 4.55. The number of thiophene rings is 1. The van der Waals surface area contributed by atoms with Gasteiger partial charge in [-0.1, -0.05) is 45.7 Å². The molecule has 0 spiro atoms. The molecule has 1 aromatic rings. The number of halogens is 1. The van der Waals surface area contributed by atoms with Gasteiger partial charge in [0.2, 0.25) is 0 Å². The summed E-state index contributed by atoms with van der Waals surface area (Å²) < 4.78 is 0.850. The van der Waals surface area contributed by atoms with E-state index in [1.54, 1.807) is 11.3 Å². The Morgan fingerprint density at radius 1 is 1.26 bits per heavy atom. The van der Waals surface area contributed by atoms with Crippen molar-refractivity contribution in [3.63, 3.8) is 0 Å². The van der Waals surface area contributed by atoms with Gasteiger partial charge in [0.1, 0.15) is 0 Å². The van der Waals surface area contributed by atoms with Gasteiger partial charge in [-0.15, -0.1) is 11.3 Å². The SMILES string of the molecule is CCC(C)CN(CC)C(c1ccc(Cl)s1)C(N)CC. The monoisotopic (exact) mass is 302 g/mol. The molecule has 1 heterocycles. The first-order valence-corrected chi connectivity index (χ1v) is 8.47. The van der Waals surface area contributed by atoms with E-state index >= 15 is 0 Å². The molecule has 0 aliphatic carbocycles. The van der Waals surface area contributed by atoms with Crippen LogP contribution >= 0.6 is 22.9 Å². The van der Waals surface area contributed by atoms with Crippen LogP contribution in [0, 0.1) is 5.92 Å². The first-order chi connectivity index (χ1) is 9.03. The van der Waals surface area contributed by atoms with Crippen molar-refractivity contribution in [2.75, 3.05) is 13.1 Å². The van der Waals surface area contributed by atoms with Crippen molar-refractivity contribution in [2.45, 2.75) is 52.6 Å². The molecule has 0 radical (unpaired) electrons. The van der Waals surface area contributed by atoms with Gasteiger partial charge in [-0.2, -0.15) is 0 Å². The highest BCUT2D eigenvalue weighted by Crippen LogP contribution is 2.33. The number of rotatable bonds is 8. The summed E-state index contributed by atoms with van der Waals surface area (Å²) in [5.74, 6) is 0.696. The van der Waals surface area contributed by atoms with Crippen LogP contribution in [0.3, 0.4) is 0 Å². The minimum absolute atomic E-state index is 0.165. The molecule has 0 aromatic carbocycles. The Morgan fingerprint density at radius 2 is 1.95 bits per heavy atom. The second kappa shape index (κ2) is 8.25. The van der Waals surface area contributed by atoms with Crippen molar-refractivity contribution in [1.82, 2.24) is 4.90 Å². The molecule has 110 valence electrons. The molecule has 3 unspecified atom stereocenters. The molecular weight excluding hydrogens is 276 g/mol. The third-order valence-electron chi connectivity index (χ3n) is 3.81. The molecule has 0 saturated carbocycles. The molecule has 0 aliphatic rings. The average Bonchev–Trinajstić information content (AvgIpc) is 2.83. The third kappa shape index (κ3) is 4.75. The van der Waals surface area contributed by atoms with E-state index in [1.165, 1.54) is 11.3 Å². The maximum absolute atomic E-state index is 6.37. The van der Waals surface area contributed by atoms with Crippen molar-refractivity contribution in [2.24, 2.45) is 11.7 Å². The lowest BCUT2D eigenvalue weighted by Crippen LogP contribution is -2.42. The second-order valence-corrected chi connectivity index (χ2v) is 7.01. The summed E-state index contributed by atoms with van der Waals surface area (Å²) >= 11 is 7.75. The first kappa shape index (κ1) is 17.0. The minimum Gasteiger partial charge on any atom is -0.326 e. The summed E-state index contributed by atoms with van der Waals surface area (Å²) in [7, 11) is 0. The van der Waals surface area contributed by atoms with Crippen LogP contribution in [0.25, 0.3) is 0 Å². The fraction of sp³-hybridized carbons (Fsp3) is 0.733. The number of nitrogens with two attached hydrogens (primary N) is 1. The molecule has 0 bridgehead atoms. The summed E-state index contributed by atoms with van der Waals surface area (Å²) in [6, 6.07) is 4.57. The number of likely N-dealkylation sites (N-methyl/N-ethyl adjacent to an activating group) is 1. The van der Waals surface area contributed by atoms with Crippen LogP contribution in [0.2, 0.25) is 4.34 Å². The minimum atomic E-state index is 0.165. The highest BCUT2D eigenvalue weighted by molar-refractivity contribution is 7.16. The largest absolute Gasteiger partial charge is 0.326 e. The lowest BCUT2D eigenvalue weighted by molar-refractivity contribution is 0.156. The van der Waals surface area contributed by atoms with E-state index in [0.717, 1.165) is 23.8 Å². The summed E-state index contributed by atoms with van der Waals surface area (Å²) in [4.78, 5) is 3.80. The van der Waals surface area contributed by atoms with Gasteiger partial charge in [0.25, 0.3) is 0 Å². The Hall–Kier alpha value is -0.0900. The Morgan fingerprint density at radius 3 is 2.37 bits per heavy atom. The van der Waals surface area contributed by atoms with Gasteiger partial charge in [-0.25, -0.2) is 0 Å². The van der Waals surface area contributed by atoms with Gasteiger partial charge in [0, 0.05) is 17.5 Å². The first-order valence-electron chi connectivity index (χ1n) is 7.28. The summed E-state index contributed by atoms with van der Waals surface area (Å²) in [6.45, 7) is 11.0. The highest BCUT2D eigenvalue weighted by atomic mass is 35.5. The highest BCUT2D eigenvalue weighted by Gasteiger charge is 2.26. The fourth-order valence-electron chi connectivity index (χ4n) is 2.34. The van der Waals surface area contributed by atoms with Crippen LogP contribution in [-0.4, -0.2) is 24.0 Å². The summed E-state index contributed by atoms with van der Waals surface area (Å²) in [6.07, 6.45) is 2.19. The van der Waals surface area contributed by atoms with Crippen molar-refractivity contribution in [1.29, 1.82) is 0 Å². The van der Waals surface area contributed by atoms with Gasteiger partial charge >= 0.3 is 0 Å². The molecule has 0 aliphatic heterocycles. The summed E-state index contributed by atoms with van der Waals surface area (Å²) in [5.41, 5.74) is 6.37. The second-order valence-electron chi connectivity index (χ2n) is 5.26. The molecule has 1 rings (SSSR count). The van der Waals surface area contributed by atoms with Gasteiger partial charge in [-0.05, 0) is 31.0 Å². The zero-order valence-corrected chi connectivity index (χ0v) is 14.1. The van der Waals surface area contributed by atoms with Crippen LogP contribution in [0.5, 0.6) is 0 Å². The average molecular weight is 303 g/mol. The van der Waals surface area contributed by atoms with Gasteiger partial charge in [0.05, 0.1) is 10.4 Å². The molecule has 2 nitrogen and oxygen atoms in total. The molecule has 4 heteroatoms. The molecular formula is C15H27ClN2S. The van der Waals surface area contributed by atoms with Crippen LogP contribution in [0.15, 0.2) is 12.1 Å². The van der Waals surface area contributed by atoms with Gasteiger partial charge < -0.3 is 5.73 Å². The normalized spacial score (nSPS) is 16.6. The van der Waals surface area contributed by atoms with Crippen LogP contribution in [0.4, 0.5) is 0 Å². The quantitative estimate of drug-likeness (QED) is 0.763. The predicted molar refractivity (Wildman–Crippen MR) is 87.0 cm³/mol. The molecule has 0 saturated heterocycles. The molecule has 1 aromatic heterocycles. The molecule has 19 heavy (non-hydrogen) atoms. The lowest BCUT2D eigenvalue weighted by atomic mass is 10.0. The van der Waals surface area contributed by atoms with Crippen molar-refractivity contribution >= 4 is 22.9 Å². The van der Waals surface area contributed by atoms with Crippen LogP contribution < -0.4 is 5.73 Å². The maximum Gasteiger partial charge on any atom is 0.0931 e. The summed E-state index contributed by atoms with van der Waals surface area (Å²) in [5, 5.41) is 0. The lowest BCUT2D eigenvalue weighted by Gasteiger charge is -2.35. The molecule has 3 atom stereocenters. The number of nitrogens with zero attached hydrogens (tertiary/aromatic N) is 1. The van der Waals surface area contributed by atoms with Crippen LogP contribution in [-0.2, 0) is 0 Å². The van der Waals surface area contributed by atoms with E-state index in [1.807, 2.05) is 6.07 Å². The zero-order valence-electron chi connectivity index (χ0n) is 12.5. The van der Waals surface area contributed by atoms with E-state index in [0.29, 0.717) is 12.0 Å². The maximum atomic E-state index is 6.37. The molecule has 2 N–H and O–H groups in total. The van der Waals surface area contributed by atoms with Crippen molar-refractivity contribution < 1.29 is 0 Å². The Bertz CT molecular complexity index is 367. The van der Waals surface area contributed by atoms with E-state index in [9.17, 15) is 0 Å². The smallest absolute Gasteiger partial charge is 0.0931 e. The third-order valence-corrected chi connectivity index (χ3v) is 5.11. The van der Waals surface area contributed by atoms with E-state index in [4.69, 9.17) is 17.3 Å². The van der Waals surface area contributed by atoms with Crippen molar-refractivity contribution in [3.8, 4) is 0 Å². The van der Waals surface area contributed by atoms with E-state index in [-0.39, 0.29) is 6.04 Å². The topological polar surface area (TPSA) is 29.3 Å². The van der Waals surface area contributed by atoms with E-state index < -0.39 is 0 Å². The standard InChI is InChI=1S/C15H27ClN2S/c1-5-11(4)10-18(7-3)15(12(17)6-2)13-8-9-14(16)19-13/h8-9,11-12,15H,5-7,10,17H2,1-4H3. The van der Waals surface area contributed by atoms with Crippen molar-refractivity contribution in [3.05, 3.63) is 21.3 Å². The fourth-order valence-corrected chi connectivity index (χ4v) is 3.61. The number of hydrogen-bond acceptors (Lipinski definition) is 3. The van der Waals surface area contributed by atoms with Gasteiger partial charge in [0.15, 0.2) is 0 Å². The zero-order chi connectivity index (χ0) is 14.4.